The Labute approximate surface area is 202 Å². The van der Waals surface area contributed by atoms with Gasteiger partial charge in [0.2, 0.25) is 12.7 Å². The number of thioether (sulfide) groups is 1. The van der Waals surface area contributed by atoms with Crippen molar-refractivity contribution in [1.29, 1.82) is 0 Å². The van der Waals surface area contributed by atoms with Gasteiger partial charge < -0.3 is 23.9 Å². The SMILES string of the molecule is COC(=O)c1ccc(NC(=O)CSc2nc3cc4c(cc3c(=O)n2Cc2ccco2)OCO4)cc1. The summed E-state index contributed by atoms with van der Waals surface area (Å²) >= 11 is 1.12. The van der Waals surface area contributed by atoms with E-state index in [0.717, 1.165) is 11.8 Å². The van der Waals surface area contributed by atoms with Crippen LogP contribution in [0.4, 0.5) is 5.69 Å². The quantitative estimate of drug-likeness (QED) is 0.235. The Balaban J connectivity index is 1.39. The van der Waals surface area contributed by atoms with E-state index in [1.54, 1.807) is 48.5 Å². The molecule has 2 aromatic heterocycles. The van der Waals surface area contributed by atoms with Gasteiger partial charge in [-0.2, -0.15) is 0 Å². The highest BCUT2D eigenvalue weighted by Crippen LogP contribution is 2.35. The summed E-state index contributed by atoms with van der Waals surface area (Å²) in [5.74, 6) is 0.810. The van der Waals surface area contributed by atoms with Gasteiger partial charge in [0.25, 0.3) is 5.56 Å². The number of amides is 1. The molecule has 0 fully saturated rings. The molecular formula is C24H19N3O7S. The fourth-order valence-electron chi connectivity index (χ4n) is 3.53. The van der Waals surface area contributed by atoms with Crippen LogP contribution in [0.25, 0.3) is 10.9 Å². The van der Waals surface area contributed by atoms with Gasteiger partial charge in [0, 0.05) is 11.8 Å². The van der Waals surface area contributed by atoms with Gasteiger partial charge in [-0.25, -0.2) is 9.78 Å². The molecule has 0 atom stereocenters. The summed E-state index contributed by atoms with van der Waals surface area (Å²) in [4.78, 5) is 42.1. The van der Waals surface area contributed by atoms with E-state index in [0.29, 0.717) is 44.6 Å². The van der Waals surface area contributed by atoms with E-state index >= 15 is 0 Å². The Hall–Kier alpha value is -4.25. The predicted octanol–water partition coefficient (Wildman–Crippen LogP) is 3.28. The Kier molecular flexibility index (Phi) is 6.15. The normalized spacial score (nSPS) is 12.0. The van der Waals surface area contributed by atoms with Crippen molar-refractivity contribution in [3.8, 4) is 11.5 Å². The number of aromatic nitrogens is 2. The fourth-order valence-corrected chi connectivity index (χ4v) is 4.33. The molecule has 10 nitrogen and oxygen atoms in total. The average Bonchev–Trinajstić information content (AvgIpc) is 3.55. The van der Waals surface area contributed by atoms with Crippen LogP contribution in [0.1, 0.15) is 16.1 Å². The van der Waals surface area contributed by atoms with Gasteiger partial charge in [0.15, 0.2) is 16.7 Å². The molecule has 4 aromatic rings. The third-order valence-corrected chi connectivity index (χ3v) is 6.21. The monoisotopic (exact) mass is 493 g/mol. The molecule has 35 heavy (non-hydrogen) atoms. The number of nitrogens with zero attached hydrogens (tertiary/aromatic N) is 2. The van der Waals surface area contributed by atoms with E-state index in [4.69, 9.17) is 13.9 Å². The number of nitrogens with one attached hydrogen (secondary N) is 1. The maximum absolute atomic E-state index is 13.4. The second-order valence-electron chi connectivity index (χ2n) is 7.49. The molecule has 3 heterocycles. The van der Waals surface area contributed by atoms with Crippen LogP contribution in [-0.2, 0) is 16.1 Å². The topological polar surface area (TPSA) is 122 Å². The first-order valence-electron chi connectivity index (χ1n) is 10.5. The van der Waals surface area contributed by atoms with Crippen molar-refractivity contribution < 1.29 is 28.2 Å². The smallest absolute Gasteiger partial charge is 0.337 e. The molecular weight excluding hydrogens is 474 g/mol. The van der Waals surface area contributed by atoms with Gasteiger partial charge >= 0.3 is 5.97 Å². The van der Waals surface area contributed by atoms with Crippen molar-refractivity contribution in [2.24, 2.45) is 0 Å². The number of furan rings is 1. The van der Waals surface area contributed by atoms with Crippen molar-refractivity contribution in [3.05, 3.63) is 76.5 Å². The zero-order valence-corrected chi connectivity index (χ0v) is 19.3. The molecule has 0 bridgehead atoms. The Morgan fingerprint density at radius 3 is 2.63 bits per heavy atom. The number of rotatable bonds is 7. The van der Waals surface area contributed by atoms with E-state index in [2.05, 4.69) is 15.0 Å². The average molecular weight is 493 g/mol. The Morgan fingerprint density at radius 2 is 1.91 bits per heavy atom. The second-order valence-corrected chi connectivity index (χ2v) is 8.44. The van der Waals surface area contributed by atoms with Crippen LogP contribution in [0.3, 0.4) is 0 Å². The van der Waals surface area contributed by atoms with Gasteiger partial charge in [-0.3, -0.25) is 14.2 Å². The summed E-state index contributed by atoms with van der Waals surface area (Å²) in [6, 6.07) is 13.1. The van der Waals surface area contributed by atoms with Crippen LogP contribution < -0.4 is 20.3 Å². The Morgan fingerprint density at radius 1 is 1.14 bits per heavy atom. The Bertz CT molecular complexity index is 1460. The third-order valence-electron chi connectivity index (χ3n) is 5.23. The molecule has 1 N–H and O–H groups in total. The minimum absolute atomic E-state index is 0.000589. The van der Waals surface area contributed by atoms with Gasteiger partial charge in [-0.05, 0) is 42.5 Å². The largest absolute Gasteiger partial charge is 0.467 e. The molecule has 178 valence electrons. The van der Waals surface area contributed by atoms with Crippen LogP contribution in [0, 0.1) is 0 Å². The van der Waals surface area contributed by atoms with E-state index in [9.17, 15) is 14.4 Å². The number of benzene rings is 2. The van der Waals surface area contributed by atoms with E-state index < -0.39 is 5.97 Å². The highest BCUT2D eigenvalue weighted by Gasteiger charge is 2.20. The molecule has 1 aliphatic rings. The van der Waals surface area contributed by atoms with Crippen LogP contribution in [0.5, 0.6) is 11.5 Å². The number of esters is 1. The van der Waals surface area contributed by atoms with Crippen LogP contribution in [0.15, 0.2) is 69.2 Å². The summed E-state index contributed by atoms with van der Waals surface area (Å²) in [6.45, 7) is 0.233. The molecule has 0 radical (unpaired) electrons. The van der Waals surface area contributed by atoms with E-state index in [1.807, 2.05) is 0 Å². The number of carbonyl (C=O) groups is 2. The molecule has 1 amide bonds. The molecule has 0 saturated heterocycles. The van der Waals surface area contributed by atoms with Crippen LogP contribution in [0.2, 0.25) is 0 Å². The van der Waals surface area contributed by atoms with E-state index in [-0.39, 0.29) is 30.6 Å². The zero-order chi connectivity index (χ0) is 24.4. The van der Waals surface area contributed by atoms with Crippen LogP contribution in [-0.4, -0.2) is 41.1 Å². The summed E-state index contributed by atoms with van der Waals surface area (Å²) in [7, 11) is 1.30. The molecule has 2 aromatic carbocycles. The first-order valence-corrected chi connectivity index (χ1v) is 11.5. The lowest BCUT2D eigenvalue weighted by atomic mass is 10.2. The molecule has 0 saturated carbocycles. The maximum atomic E-state index is 13.4. The minimum atomic E-state index is -0.460. The molecule has 0 aliphatic carbocycles. The zero-order valence-electron chi connectivity index (χ0n) is 18.5. The number of ether oxygens (including phenoxy) is 3. The first-order chi connectivity index (χ1) is 17.0. The number of anilines is 1. The minimum Gasteiger partial charge on any atom is -0.467 e. The summed E-state index contributed by atoms with van der Waals surface area (Å²) < 4.78 is 22.4. The lowest BCUT2D eigenvalue weighted by Gasteiger charge is -2.13. The van der Waals surface area contributed by atoms with Gasteiger partial charge in [-0.15, -0.1) is 0 Å². The van der Waals surface area contributed by atoms with Crippen molar-refractivity contribution >= 4 is 40.2 Å². The first kappa shape index (κ1) is 22.5. The van der Waals surface area contributed by atoms with Crippen molar-refractivity contribution in [3.63, 3.8) is 0 Å². The number of fused-ring (bicyclic) bond motifs is 2. The number of methoxy groups -OCH3 is 1. The molecule has 5 rings (SSSR count). The van der Waals surface area contributed by atoms with Crippen molar-refractivity contribution in [2.45, 2.75) is 11.7 Å². The van der Waals surface area contributed by atoms with Gasteiger partial charge in [-0.1, -0.05) is 11.8 Å². The molecule has 0 spiro atoms. The highest BCUT2D eigenvalue weighted by molar-refractivity contribution is 7.99. The lowest BCUT2D eigenvalue weighted by molar-refractivity contribution is -0.113. The van der Waals surface area contributed by atoms with Crippen LogP contribution >= 0.6 is 11.8 Å². The number of hydrogen-bond acceptors (Lipinski definition) is 9. The third kappa shape index (κ3) is 4.71. The highest BCUT2D eigenvalue weighted by atomic mass is 32.2. The summed E-state index contributed by atoms with van der Waals surface area (Å²) in [6.07, 6.45) is 1.53. The molecule has 11 heteroatoms. The summed E-state index contributed by atoms with van der Waals surface area (Å²) in [5.41, 5.74) is 1.06. The van der Waals surface area contributed by atoms with Crippen molar-refractivity contribution in [2.75, 3.05) is 25.0 Å². The van der Waals surface area contributed by atoms with E-state index in [1.165, 1.54) is 17.9 Å². The standard InChI is InChI=1S/C24H19N3O7S/c1-31-23(30)14-4-6-15(7-5-14)25-21(28)12-35-24-26-18-10-20-19(33-13-34-20)9-17(18)22(29)27(24)11-16-3-2-8-32-16/h2-10H,11-13H2,1H3,(H,25,28). The molecule has 1 aliphatic heterocycles. The van der Waals surface area contributed by atoms with Crippen molar-refractivity contribution in [1.82, 2.24) is 9.55 Å². The number of carbonyl (C=O) groups excluding carboxylic acids is 2. The molecule has 0 unspecified atom stereocenters. The van der Waals surface area contributed by atoms with Gasteiger partial charge in [0.05, 0.1) is 42.1 Å². The number of hydrogen-bond donors (Lipinski definition) is 1. The predicted molar refractivity (Wildman–Crippen MR) is 127 cm³/mol. The fraction of sp³-hybridized carbons (Fsp3) is 0.167. The summed E-state index contributed by atoms with van der Waals surface area (Å²) in [5, 5.41) is 3.50. The maximum Gasteiger partial charge on any atom is 0.337 e. The second kappa shape index (κ2) is 9.55. The lowest BCUT2D eigenvalue weighted by Crippen LogP contribution is -2.24. The van der Waals surface area contributed by atoms with Gasteiger partial charge in [0.1, 0.15) is 5.76 Å².